The average Bonchev–Trinajstić information content (AvgIpc) is 1.99. The third kappa shape index (κ3) is 16.1. The molecule has 0 bridgehead atoms. The van der Waals surface area contributed by atoms with Crippen molar-refractivity contribution in [3.8, 4) is 0 Å². The Hall–Kier alpha value is 1.39. The van der Waals surface area contributed by atoms with Gasteiger partial charge in [0.25, 0.3) is 0 Å². The van der Waals surface area contributed by atoms with E-state index in [2.05, 4.69) is 10.1 Å². The van der Waals surface area contributed by atoms with Gasteiger partial charge in [0, 0.05) is 13.1 Å². The summed E-state index contributed by atoms with van der Waals surface area (Å²) in [5, 5.41) is 11.2. The molecule has 6 heteroatoms. The Morgan fingerprint density at radius 1 is 1.38 bits per heavy atom. The van der Waals surface area contributed by atoms with Crippen LogP contribution in [0.2, 0.25) is 0 Å². The fraction of sp³-hybridized carbons (Fsp3) is 0.857. The molecule has 0 radical (unpaired) electrons. The monoisotopic (exact) mass is 209 g/mol. The molecular weight excluding hydrogens is 192 g/mol. The molecule has 0 amide bonds. The minimum absolute atomic E-state index is 0. The van der Waals surface area contributed by atoms with Crippen LogP contribution >= 0.6 is 0 Å². The summed E-state index contributed by atoms with van der Waals surface area (Å²) in [5.41, 5.74) is 0. The van der Waals surface area contributed by atoms with E-state index in [9.17, 15) is 4.79 Å². The fourth-order valence-corrected chi connectivity index (χ4v) is 0.628. The Labute approximate surface area is 123 Å². The van der Waals surface area contributed by atoms with E-state index in [0.29, 0.717) is 26.1 Å². The van der Waals surface area contributed by atoms with Gasteiger partial charge in [-0.05, 0) is 6.92 Å². The first-order chi connectivity index (χ1) is 5.31. The van der Waals surface area contributed by atoms with Crippen molar-refractivity contribution in [2.75, 3.05) is 26.3 Å². The molecule has 0 aromatic carbocycles. The molecule has 0 atom stereocenters. The Balaban J connectivity index is -0.000000500. The number of rotatable bonds is 6. The van der Waals surface area contributed by atoms with Crippen molar-refractivity contribution in [1.82, 2.24) is 5.32 Å². The summed E-state index contributed by atoms with van der Waals surface area (Å²) in [7, 11) is 0. The average molecular weight is 209 g/mol. The van der Waals surface area contributed by atoms with E-state index in [0.717, 1.165) is 0 Å². The predicted molar refractivity (Wildman–Crippen MR) is 55.5 cm³/mol. The van der Waals surface area contributed by atoms with Crippen LogP contribution in [-0.2, 0) is 9.53 Å². The van der Waals surface area contributed by atoms with Gasteiger partial charge in [0.15, 0.2) is 0 Å². The van der Waals surface area contributed by atoms with Crippen LogP contribution in [0.3, 0.4) is 0 Å². The van der Waals surface area contributed by atoms with Gasteiger partial charge in [0.2, 0.25) is 0 Å². The van der Waals surface area contributed by atoms with Crippen molar-refractivity contribution in [3.05, 3.63) is 0 Å². The van der Waals surface area contributed by atoms with Crippen LogP contribution in [-0.4, -0.2) is 96.5 Å². The number of carbonyl (C=O) groups is 1. The first-order valence-corrected chi connectivity index (χ1v) is 3.78. The van der Waals surface area contributed by atoms with E-state index >= 15 is 0 Å². The van der Waals surface area contributed by atoms with Crippen LogP contribution < -0.4 is 5.32 Å². The second kappa shape index (κ2) is 15.8. The van der Waals surface area contributed by atoms with Crippen LogP contribution in [0.1, 0.15) is 13.3 Å². The molecule has 0 spiro atoms. The van der Waals surface area contributed by atoms with Crippen molar-refractivity contribution in [2.45, 2.75) is 13.3 Å². The van der Waals surface area contributed by atoms with Crippen LogP contribution in [0, 0.1) is 0 Å². The number of ether oxygens (including phenoxy) is 1. The van der Waals surface area contributed by atoms with Gasteiger partial charge < -0.3 is 15.2 Å². The molecule has 2 N–H and O–H groups in total. The van der Waals surface area contributed by atoms with Gasteiger partial charge in [0.1, 0.15) is 0 Å². The standard InChI is InChI=1S/C7H15NO3.2Na.2H/c1-2-11-7(10)3-4-8-5-6-9;;;;/h8-9H,2-6H2,1H3;;;;. The summed E-state index contributed by atoms with van der Waals surface area (Å²) >= 11 is 0. The quantitative estimate of drug-likeness (QED) is 0.308. The van der Waals surface area contributed by atoms with Gasteiger partial charge in [-0.3, -0.25) is 4.79 Å². The molecule has 4 nitrogen and oxygen atoms in total. The summed E-state index contributed by atoms with van der Waals surface area (Å²) in [6, 6.07) is 0. The summed E-state index contributed by atoms with van der Waals surface area (Å²) < 4.78 is 4.68. The summed E-state index contributed by atoms with van der Waals surface area (Å²) in [6.07, 6.45) is 0.369. The second-order valence-electron chi connectivity index (χ2n) is 2.03. The van der Waals surface area contributed by atoms with Gasteiger partial charge in [-0.2, -0.15) is 0 Å². The number of hydrogen-bond acceptors (Lipinski definition) is 4. The Morgan fingerprint density at radius 2 is 2.00 bits per heavy atom. The molecule has 0 unspecified atom stereocenters. The predicted octanol–water partition coefficient (Wildman–Crippen LogP) is -1.78. The van der Waals surface area contributed by atoms with Gasteiger partial charge in [0.05, 0.1) is 19.6 Å². The maximum atomic E-state index is 10.7. The molecule has 0 saturated heterocycles. The summed E-state index contributed by atoms with van der Waals surface area (Å²) in [4.78, 5) is 10.7. The van der Waals surface area contributed by atoms with Gasteiger partial charge in [-0.1, -0.05) is 0 Å². The van der Waals surface area contributed by atoms with Gasteiger partial charge >= 0.3 is 65.1 Å². The first kappa shape index (κ1) is 19.9. The number of carbonyl (C=O) groups excluding carboxylic acids is 1. The van der Waals surface area contributed by atoms with E-state index in [1.54, 1.807) is 6.92 Å². The number of hydrogen-bond donors (Lipinski definition) is 2. The zero-order valence-corrected chi connectivity index (χ0v) is 6.80. The van der Waals surface area contributed by atoms with Crippen LogP contribution in [0.5, 0.6) is 0 Å². The Bertz CT molecular complexity index is 114. The zero-order valence-electron chi connectivity index (χ0n) is 6.80. The third-order valence-corrected chi connectivity index (χ3v) is 1.10. The number of nitrogens with one attached hydrogen (secondary N) is 1. The van der Waals surface area contributed by atoms with Crippen LogP contribution in [0.4, 0.5) is 0 Å². The van der Waals surface area contributed by atoms with Gasteiger partial charge in [-0.25, -0.2) is 0 Å². The number of esters is 1. The van der Waals surface area contributed by atoms with E-state index in [-0.39, 0.29) is 71.7 Å². The topological polar surface area (TPSA) is 58.6 Å². The van der Waals surface area contributed by atoms with Crippen molar-refractivity contribution < 1.29 is 14.6 Å². The maximum absolute atomic E-state index is 10.7. The molecule has 0 rings (SSSR count). The zero-order chi connectivity index (χ0) is 8.53. The molecule has 70 valence electrons. The molecule has 0 saturated carbocycles. The molecular formula is C7H17NNa2O3. The number of aliphatic hydroxyl groups excluding tert-OH is 1. The SMILES string of the molecule is CCOC(=O)CCNCCO.[NaH].[NaH]. The molecule has 0 aliphatic heterocycles. The fourth-order valence-electron chi connectivity index (χ4n) is 0.628. The summed E-state index contributed by atoms with van der Waals surface area (Å²) in [6.45, 7) is 3.40. The van der Waals surface area contributed by atoms with Crippen molar-refractivity contribution in [3.63, 3.8) is 0 Å². The first-order valence-electron chi connectivity index (χ1n) is 3.78. The summed E-state index contributed by atoms with van der Waals surface area (Å²) in [5.74, 6) is -0.196. The molecule has 0 heterocycles. The van der Waals surface area contributed by atoms with E-state index in [1.807, 2.05) is 0 Å². The van der Waals surface area contributed by atoms with Crippen molar-refractivity contribution in [1.29, 1.82) is 0 Å². The molecule has 0 aromatic rings. The molecule has 0 aromatic heterocycles. The van der Waals surface area contributed by atoms with Crippen LogP contribution in [0.15, 0.2) is 0 Å². The van der Waals surface area contributed by atoms with E-state index < -0.39 is 0 Å². The normalized spacial score (nSPS) is 8.15. The molecule has 0 fully saturated rings. The molecule has 0 aliphatic rings. The number of aliphatic hydroxyl groups is 1. The third-order valence-electron chi connectivity index (χ3n) is 1.10. The minimum atomic E-state index is -0.196. The molecule has 13 heavy (non-hydrogen) atoms. The Kier molecular flexibility index (Phi) is 24.2. The van der Waals surface area contributed by atoms with Crippen molar-refractivity contribution in [2.24, 2.45) is 0 Å². The van der Waals surface area contributed by atoms with Crippen LogP contribution in [0.25, 0.3) is 0 Å². The van der Waals surface area contributed by atoms with Gasteiger partial charge in [-0.15, -0.1) is 0 Å². The molecule has 0 aliphatic carbocycles. The van der Waals surface area contributed by atoms with E-state index in [1.165, 1.54) is 0 Å². The van der Waals surface area contributed by atoms with E-state index in [4.69, 9.17) is 5.11 Å². The Morgan fingerprint density at radius 3 is 2.46 bits per heavy atom. The second-order valence-corrected chi connectivity index (χ2v) is 2.03. The van der Waals surface area contributed by atoms with Crippen molar-refractivity contribution >= 4 is 65.1 Å².